The highest BCUT2D eigenvalue weighted by molar-refractivity contribution is 5.89. The molecule has 5 nitrogen and oxygen atoms in total. The Balaban J connectivity index is 0. The monoisotopic (exact) mass is 169 g/mol. The van der Waals surface area contributed by atoms with Gasteiger partial charge in [0.25, 0.3) is 0 Å². The standard InChI is InChI=1S/C4H4O4.C3H3N/c5-3(6)1-2-4(7)8;1-2-3-4/h1-2H,(H,5,6)(H,7,8);2H,1H2/b2-1+;. The van der Waals surface area contributed by atoms with E-state index in [1.807, 2.05) is 0 Å². The molecule has 12 heavy (non-hydrogen) atoms. The second kappa shape index (κ2) is 8.91. The predicted octanol–water partition coefficient (Wildman–Crippen LogP) is 0.408. The van der Waals surface area contributed by atoms with Crippen LogP contribution in [0.1, 0.15) is 0 Å². The van der Waals surface area contributed by atoms with Crippen molar-refractivity contribution >= 4 is 11.9 Å². The SMILES string of the molecule is C=CC#N.O=C(O)/C=C/C(=O)O. The number of allylic oxidation sites excluding steroid dienone is 1. The number of nitrogens with zero attached hydrogens (tertiary/aromatic N) is 1. The van der Waals surface area contributed by atoms with Crippen molar-refractivity contribution in [2.24, 2.45) is 0 Å². The van der Waals surface area contributed by atoms with Gasteiger partial charge in [-0.25, -0.2) is 9.59 Å². The van der Waals surface area contributed by atoms with Crippen LogP contribution >= 0.6 is 0 Å². The highest BCUT2D eigenvalue weighted by Crippen LogP contribution is 1.70. The quantitative estimate of drug-likeness (QED) is 0.460. The van der Waals surface area contributed by atoms with Crippen LogP contribution in [0.25, 0.3) is 0 Å². The summed E-state index contributed by atoms with van der Waals surface area (Å²) in [5.74, 6) is -2.51. The van der Waals surface area contributed by atoms with E-state index >= 15 is 0 Å². The van der Waals surface area contributed by atoms with E-state index in [-0.39, 0.29) is 0 Å². The third-order valence-electron chi connectivity index (χ3n) is 0.460. The van der Waals surface area contributed by atoms with Crippen molar-refractivity contribution < 1.29 is 19.8 Å². The Morgan fingerprint density at radius 3 is 1.58 bits per heavy atom. The van der Waals surface area contributed by atoms with Crippen LogP contribution in [0.2, 0.25) is 0 Å². The summed E-state index contributed by atoms with van der Waals surface area (Å²) in [6.45, 7) is 3.12. The number of aliphatic carboxylic acids is 2. The number of hydrogen-bond acceptors (Lipinski definition) is 3. The Bertz CT molecular complexity index is 220. The van der Waals surface area contributed by atoms with Gasteiger partial charge in [-0.05, 0) is 0 Å². The molecule has 0 bridgehead atoms. The summed E-state index contributed by atoms with van der Waals surface area (Å²) in [6, 6.07) is 1.69. The summed E-state index contributed by atoms with van der Waals surface area (Å²) < 4.78 is 0. The summed E-state index contributed by atoms with van der Waals surface area (Å²) in [7, 11) is 0. The molecule has 0 amide bonds. The lowest BCUT2D eigenvalue weighted by Gasteiger charge is -1.74. The van der Waals surface area contributed by atoms with Crippen LogP contribution in [0, 0.1) is 11.3 Å². The molecule has 5 heteroatoms. The van der Waals surface area contributed by atoms with E-state index in [0.717, 1.165) is 0 Å². The van der Waals surface area contributed by atoms with Gasteiger partial charge in [0.15, 0.2) is 0 Å². The van der Waals surface area contributed by atoms with Crippen molar-refractivity contribution in [3.63, 3.8) is 0 Å². The Hall–Kier alpha value is -2.09. The maximum absolute atomic E-state index is 9.55. The third kappa shape index (κ3) is 24.7. The van der Waals surface area contributed by atoms with Crippen molar-refractivity contribution in [2.75, 3.05) is 0 Å². The number of carboxylic acid groups (broad SMARTS) is 2. The summed E-state index contributed by atoms with van der Waals surface area (Å²) in [5.41, 5.74) is 0. The van der Waals surface area contributed by atoms with Crippen molar-refractivity contribution in [1.29, 1.82) is 5.26 Å². The molecule has 2 N–H and O–H groups in total. The van der Waals surface area contributed by atoms with Crippen molar-refractivity contribution in [1.82, 2.24) is 0 Å². The molecule has 0 spiro atoms. The van der Waals surface area contributed by atoms with Crippen LogP contribution in [0.5, 0.6) is 0 Å². The number of carbonyl (C=O) groups is 2. The Morgan fingerprint density at radius 1 is 1.25 bits per heavy atom. The van der Waals surface area contributed by atoms with Crippen molar-refractivity contribution in [3.8, 4) is 6.07 Å². The first kappa shape index (κ1) is 12.6. The van der Waals surface area contributed by atoms with Crippen LogP contribution in [0.4, 0.5) is 0 Å². The van der Waals surface area contributed by atoms with Gasteiger partial charge in [0.2, 0.25) is 0 Å². The molecule has 0 aromatic heterocycles. The molecule has 0 atom stereocenters. The van der Waals surface area contributed by atoms with E-state index in [1.54, 1.807) is 6.07 Å². The minimum absolute atomic E-state index is 0.558. The van der Waals surface area contributed by atoms with Gasteiger partial charge in [-0.2, -0.15) is 5.26 Å². The van der Waals surface area contributed by atoms with Gasteiger partial charge in [0, 0.05) is 18.2 Å². The van der Waals surface area contributed by atoms with Crippen LogP contribution < -0.4 is 0 Å². The smallest absolute Gasteiger partial charge is 0.328 e. The average Bonchev–Trinajstić information content (AvgIpc) is 2.01. The second-order valence-electron chi connectivity index (χ2n) is 1.34. The molecule has 0 saturated heterocycles. The Kier molecular flexibility index (Phi) is 9.34. The van der Waals surface area contributed by atoms with E-state index in [1.165, 1.54) is 6.08 Å². The normalized spacial score (nSPS) is 7.58. The molecule has 64 valence electrons. The van der Waals surface area contributed by atoms with Crippen LogP contribution in [0.15, 0.2) is 24.8 Å². The summed E-state index contributed by atoms with van der Waals surface area (Å²) in [6.07, 6.45) is 2.30. The summed E-state index contributed by atoms with van der Waals surface area (Å²) in [5, 5.41) is 23.1. The fourth-order valence-electron chi connectivity index (χ4n) is 0.143. The molecule has 0 aliphatic heterocycles. The molecule has 0 aromatic rings. The maximum Gasteiger partial charge on any atom is 0.328 e. The maximum atomic E-state index is 9.55. The fourth-order valence-corrected chi connectivity index (χ4v) is 0.143. The number of carboxylic acids is 2. The molecule has 0 aliphatic rings. The minimum Gasteiger partial charge on any atom is -0.478 e. The molecule has 0 aliphatic carbocycles. The molecule has 0 unspecified atom stereocenters. The highest BCUT2D eigenvalue weighted by atomic mass is 16.4. The van der Waals surface area contributed by atoms with Gasteiger partial charge in [-0.1, -0.05) is 6.58 Å². The molecule has 0 heterocycles. The van der Waals surface area contributed by atoms with Gasteiger partial charge < -0.3 is 10.2 Å². The van der Waals surface area contributed by atoms with Gasteiger partial charge in [0.05, 0.1) is 6.07 Å². The number of nitriles is 1. The number of hydrogen-bond donors (Lipinski definition) is 2. The van der Waals surface area contributed by atoms with E-state index in [0.29, 0.717) is 12.2 Å². The first-order valence-electron chi connectivity index (χ1n) is 2.69. The predicted molar refractivity (Wildman–Crippen MR) is 40.2 cm³/mol. The molecule has 0 saturated carbocycles. The Morgan fingerprint density at radius 2 is 1.50 bits per heavy atom. The molecular formula is C7H7NO4. The van der Waals surface area contributed by atoms with Gasteiger partial charge in [-0.15, -0.1) is 0 Å². The van der Waals surface area contributed by atoms with Crippen molar-refractivity contribution in [3.05, 3.63) is 24.8 Å². The van der Waals surface area contributed by atoms with E-state index < -0.39 is 11.9 Å². The first-order chi connectivity index (χ1) is 5.54. The van der Waals surface area contributed by atoms with Crippen molar-refractivity contribution in [2.45, 2.75) is 0 Å². The van der Waals surface area contributed by atoms with Crippen LogP contribution in [-0.4, -0.2) is 22.2 Å². The summed E-state index contributed by atoms with van der Waals surface area (Å²) >= 11 is 0. The highest BCUT2D eigenvalue weighted by Gasteiger charge is 1.88. The molecule has 0 radical (unpaired) electrons. The zero-order valence-corrected chi connectivity index (χ0v) is 6.10. The topological polar surface area (TPSA) is 98.4 Å². The lowest BCUT2D eigenvalue weighted by atomic mass is 10.5. The lowest BCUT2D eigenvalue weighted by molar-refractivity contribution is -0.134. The van der Waals surface area contributed by atoms with E-state index in [9.17, 15) is 9.59 Å². The second-order valence-corrected chi connectivity index (χ2v) is 1.34. The van der Waals surface area contributed by atoms with E-state index in [4.69, 9.17) is 15.5 Å². The summed E-state index contributed by atoms with van der Waals surface area (Å²) in [4.78, 5) is 19.1. The third-order valence-corrected chi connectivity index (χ3v) is 0.460. The molecule has 0 rings (SSSR count). The van der Waals surface area contributed by atoms with E-state index in [2.05, 4.69) is 6.58 Å². The zero-order valence-electron chi connectivity index (χ0n) is 6.10. The lowest BCUT2D eigenvalue weighted by Crippen LogP contribution is -1.91. The van der Waals surface area contributed by atoms with Crippen LogP contribution in [0.3, 0.4) is 0 Å². The van der Waals surface area contributed by atoms with Gasteiger partial charge in [-0.3, -0.25) is 0 Å². The number of rotatable bonds is 2. The molecular weight excluding hydrogens is 162 g/mol. The average molecular weight is 169 g/mol. The Labute approximate surface area is 68.9 Å². The van der Waals surface area contributed by atoms with Gasteiger partial charge in [0.1, 0.15) is 0 Å². The molecule has 0 aromatic carbocycles. The first-order valence-corrected chi connectivity index (χ1v) is 2.69. The zero-order chi connectivity index (χ0) is 9.98. The molecule has 0 fully saturated rings. The van der Waals surface area contributed by atoms with Crippen LogP contribution in [-0.2, 0) is 9.59 Å². The largest absolute Gasteiger partial charge is 0.478 e. The minimum atomic E-state index is -1.26. The fraction of sp³-hybridized carbons (Fsp3) is 0. The van der Waals surface area contributed by atoms with Gasteiger partial charge >= 0.3 is 11.9 Å².